The smallest absolute Gasteiger partial charge is 0.388 e. The van der Waals surface area contributed by atoms with Gasteiger partial charge < -0.3 is 5.32 Å². The summed E-state index contributed by atoms with van der Waals surface area (Å²) < 4.78 is 40.6. The number of nitroso groups, excluding NO2 is 1. The van der Waals surface area contributed by atoms with E-state index in [1.807, 2.05) is 18.2 Å². The quantitative estimate of drug-likeness (QED) is 0.336. The minimum Gasteiger partial charge on any atom is -0.388 e. The Morgan fingerprint density at radius 3 is 2.30 bits per heavy atom. The van der Waals surface area contributed by atoms with Gasteiger partial charge in [0.05, 0.1) is 10.6 Å². The van der Waals surface area contributed by atoms with Crippen LogP contribution in [0.1, 0.15) is 29.2 Å². The van der Waals surface area contributed by atoms with Crippen molar-refractivity contribution in [2.75, 3.05) is 7.05 Å². The Kier molecular flexibility index (Phi) is 7.82. The molecule has 0 heterocycles. The molecule has 0 saturated heterocycles. The normalized spacial score (nSPS) is 12.0. The van der Waals surface area contributed by atoms with E-state index in [4.69, 9.17) is 23.2 Å². The van der Waals surface area contributed by atoms with Crippen LogP contribution in [-0.4, -0.2) is 7.05 Å². The summed E-state index contributed by atoms with van der Waals surface area (Å²) in [5.41, 5.74) is 2.53. The first kappa shape index (κ1) is 24.8. The molecule has 0 atom stereocenters. The molecule has 0 radical (unpaired) electrons. The van der Waals surface area contributed by atoms with Gasteiger partial charge in [-0.2, -0.15) is 13.2 Å². The molecule has 0 bridgehead atoms. The molecule has 0 unspecified atom stereocenters. The van der Waals surface area contributed by atoms with E-state index >= 15 is 0 Å². The number of halogens is 5. The van der Waals surface area contributed by atoms with Crippen LogP contribution in [0.4, 0.5) is 18.9 Å². The molecule has 172 valence electrons. The third kappa shape index (κ3) is 5.57. The van der Waals surface area contributed by atoms with Gasteiger partial charge in [-0.15, -0.1) is 4.91 Å². The molecule has 0 saturated carbocycles. The highest BCUT2D eigenvalue weighted by atomic mass is 35.5. The van der Waals surface area contributed by atoms with Crippen molar-refractivity contribution in [3.63, 3.8) is 0 Å². The lowest BCUT2D eigenvalue weighted by Gasteiger charge is -2.18. The van der Waals surface area contributed by atoms with Gasteiger partial charge in [-0.1, -0.05) is 59.6 Å². The molecule has 3 aromatic carbocycles. The van der Waals surface area contributed by atoms with Crippen LogP contribution in [0.3, 0.4) is 0 Å². The standard InChI is InChI=1S/C25H21Cl2F3N2O/c1-3-22(31-2)19-12-8-16(7-4-15-5-10-18(26)11-6-15)23(24(19)32-33)17-9-13-21(27)20(14-17)25(28,29)30/h3,5-6,8-14,31H,4,7H2,1-2H3/b22-3-. The highest BCUT2D eigenvalue weighted by molar-refractivity contribution is 6.31. The average Bonchev–Trinajstić information content (AvgIpc) is 2.79. The molecular weight excluding hydrogens is 472 g/mol. The van der Waals surface area contributed by atoms with Gasteiger partial charge in [0.15, 0.2) is 0 Å². The van der Waals surface area contributed by atoms with Gasteiger partial charge in [-0.05, 0) is 65.9 Å². The van der Waals surface area contributed by atoms with Crippen LogP contribution in [0.5, 0.6) is 0 Å². The zero-order valence-electron chi connectivity index (χ0n) is 17.9. The minimum atomic E-state index is -4.64. The zero-order valence-corrected chi connectivity index (χ0v) is 19.4. The molecule has 1 N–H and O–H groups in total. The lowest BCUT2D eigenvalue weighted by atomic mass is 9.90. The summed E-state index contributed by atoms with van der Waals surface area (Å²) in [6.07, 6.45) is -1.79. The number of nitrogens with zero attached hydrogens (tertiary/aromatic N) is 1. The third-order valence-corrected chi connectivity index (χ3v) is 5.94. The van der Waals surface area contributed by atoms with Crippen molar-refractivity contribution in [3.8, 4) is 11.1 Å². The molecule has 8 heteroatoms. The molecule has 0 aliphatic heterocycles. The van der Waals surface area contributed by atoms with Crippen molar-refractivity contribution in [3.05, 3.63) is 97.9 Å². The van der Waals surface area contributed by atoms with E-state index in [9.17, 15) is 18.1 Å². The molecule has 0 aliphatic rings. The molecule has 3 aromatic rings. The summed E-state index contributed by atoms with van der Waals surface area (Å²) in [5, 5.41) is 6.45. The summed E-state index contributed by atoms with van der Waals surface area (Å²) in [6, 6.07) is 14.5. The molecule has 0 amide bonds. The number of hydrogen-bond acceptors (Lipinski definition) is 3. The van der Waals surface area contributed by atoms with Crippen LogP contribution in [-0.2, 0) is 19.0 Å². The topological polar surface area (TPSA) is 41.5 Å². The third-order valence-electron chi connectivity index (χ3n) is 5.36. The molecule has 0 aliphatic carbocycles. The van der Waals surface area contributed by atoms with Gasteiger partial charge in [0.25, 0.3) is 0 Å². The molecule has 3 rings (SSSR count). The van der Waals surface area contributed by atoms with Crippen molar-refractivity contribution >= 4 is 34.6 Å². The van der Waals surface area contributed by atoms with Gasteiger partial charge in [0, 0.05) is 28.9 Å². The monoisotopic (exact) mass is 492 g/mol. The molecule has 0 spiro atoms. The fourth-order valence-electron chi connectivity index (χ4n) is 3.74. The van der Waals surface area contributed by atoms with Crippen molar-refractivity contribution in [1.82, 2.24) is 5.32 Å². The minimum absolute atomic E-state index is 0.0708. The number of aryl methyl sites for hydroxylation is 2. The first-order chi connectivity index (χ1) is 15.7. The number of allylic oxidation sites excluding steroid dienone is 1. The summed E-state index contributed by atoms with van der Waals surface area (Å²) in [4.78, 5) is 12.0. The van der Waals surface area contributed by atoms with Crippen molar-refractivity contribution < 1.29 is 13.2 Å². The second-order valence-electron chi connectivity index (χ2n) is 7.36. The van der Waals surface area contributed by atoms with Crippen LogP contribution in [0, 0.1) is 4.91 Å². The van der Waals surface area contributed by atoms with Gasteiger partial charge in [-0.25, -0.2) is 0 Å². The zero-order chi connectivity index (χ0) is 24.2. The second-order valence-corrected chi connectivity index (χ2v) is 8.20. The summed E-state index contributed by atoms with van der Waals surface area (Å²) in [6.45, 7) is 1.79. The Morgan fingerprint density at radius 2 is 1.73 bits per heavy atom. The lowest BCUT2D eigenvalue weighted by Crippen LogP contribution is -2.07. The highest BCUT2D eigenvalue weighted by Crippen LogP contribution is 2.43. The van der Waals surface area contributed by atoms with E-state index in [0.29, 0.717) is 40.3 Å². The number of benzene rings is 3. The Labute approximate surface area is 200 Å². The van der Waals surface area contributed by atoms with Crippen LogP contribution < -0.4 is 5.32 Å². The maximum atomic E-state index is 13.5. The number of rotatable bonds is 7. The van der Waals surface area contributed by atoms with Gasteiger partial charge in [0.2, 0.25) is 0 Å². The number of alkyl halides is 3. The fourth-order valence-corrected chi connectivity index (χ4v) is 4.09. The Morgan fingerprint density at radius 1 is 1.03 bits per heavy atom. The summed E-state index contributed by atoms with van der Waals surface area (Å²) in [5.74, 6) is 0. The van der Waals surface area contributed by atoms with E-state index in [2.05, 4.69) is 10.5 Å². The largest absolute Gasteiger partial charge is 0.417 e. The van der Waals surface area contributed by atoms with Crippen LogP contribution >= 0.6 is 23.2 Å². The molecular formula is C25H21Cl2F3N2O. The van der Waals surface area contributed by atoms with E-state index < -0.39 is 16.8 Å². The molecule has 0 fully saturated rings. The van der Waals surface area contributed by atoms with Crippen molar-refractivity contribution in [2.24, 2.45) is 5.18 Å². The Hall–Kier alpha value is -2.83. The molecule has 3 nitrogen and oxygen atoms in total. The summed E-state index contributed by atoms with van der Waals surface area (Å²) >= 11 is 11.8. The predicted molar refractivity (Wildman–Crippen MR) is 129 cm³/mol. The first-order valence-electron chi connectivity index (χ1n) is 10.1. The lowest BCUT2D eigenvalue weighted by molar-refractivity contribution is -0.137. The molecule has 0 aromatic heterocycles. The van der Waals surface area contributed by atoms with Crippen LogP contribution in [0.2, 0.25) is 10.0 Å². The Balaban J connectivity index is 2.20. The summed E-state index contributed by atoms with van der Waals surface area (Å²) in [7, 11) is 1.70. The van der Waals surface area contributed by atoms with Crippen LogP contribution in [0.15, 0.2) is 65.9 Å². The Bertz CT molecular complexity index is 1190. The maximum Gasteiger partial charge on any atom is 0.417 e. The second kappa shape index (κ2) is 10.4. The number of hydrogen-bond donors (Lipinski definition) is 1. The first-order valence-corrected chi connectivity index (χ1v) is 10.9. The predicted octanol–water partition coefficient (Wildman–Crippen LogP) is 8.44. The fraction of sp³-hybridized carbons (Fsp3) is 0.200. The van der Waals surface area contributed by atoms with Crippen LogP contribution in [0.25, 0.3) is 16.8 Å². The van der Waals surface area contributed by atoms with Crippen molar-refractivity contribution in [1.29, 1.82) is 0 Å². The molecule has 33 heavy (non-hydrogen) atoms. The van der Waals surface area contributed by atoms with Gasteiger partial charge >= 0.3 is 6.18 Å². The number of nitrogens with one attached hydrogen (secondary N) is 1. The van der Waals surface area contributed by atoms with E-state index in [0.717, 1.165) is 11.6 Å². The SMILES string of the molecule is C/C=C(\NC)c1ccc(CCc2ccc(Cl)cc2)c(-c2ccc(Cl)c(C(F)(F)F)c2)c1N=O. The van der Waals surface area contributed by atoms with Gasteiger partial charge in [0.1, 0.15) is 5.69 Å². The van der Waals surface area contributed by atoms with Gasteiger partial charge in [-0.3, -0.25) is 0 Å². The maximum absolute atomic E-state index is 13.5. The highest BCUT2D eigenvalue weighted by Gasteiger charge is 2.34. The van der Waals surface area contributed by atoms with E-state index in [-0.39, 0.29) is 11.3 Å². The van der Waals surface area contributed by atoms with Crippen molar-refractivity contribution in [2.45, 2.75) is 25.9 Å². The van der Waals surface area contributed by atoms with E-state index in [1.165, 1.54) is 12.1 Å². The van der Waals surface area contributed by atoms with E-state index in [1.54, 1.807) is 38.2 Å². The average molecular weight is 493 g/mol.